The zero-order chi connectivity index (χ0) is 13.4. The molecule has 0 bridgehead atoms. The minimum absolute atomic E-state index is 0.174. The number of fused-ring (bicyclic) bond motifs is 1. The van der Waals surface area contributed by atoms with Crippen molar-refractivity contribution in [3.8, 4) is 5.75 Å². The zero-order valence-corrected chi connectivity index (χ0v) is 11.9. The van der Waals surface area contributed by atoms with Gasteiger partial charge < -0.3 is 9.84 Å². The number of phenols is 1. The van der Waals surface area contributed by atoms with E-state index >= 15 is 0 Å². The molecule has 2 fully saturated rings. The molecule has 104 valence electrons. The summed E-state index contributed by atoms with van der Waals surface area (Å²) < 4.78 is 5.84. The second kappa shape index (κ2) is 5.31. The van der Waals surface area contributed by atoms with Gasteiger partial charge in [-0.05, 0) is 44.4 Å². The Hall–Kier alpha value is -0.770. The normalized spacial score (nSPS) is 29.2. The van der Waals surface area contributed by atoms with Gasteiger partial charge in [-0.3, -0.25) is 4.90 Å². The van der Waals surface area contributed by atoms with Crippen LogP contribution in [-0.4, -0.2) is 35.3 Å². The van der Waals surface area contributed by atoms with E-state index in [4.69, 9.17) is 16.3 Å². The van der Waals surface area contributed by atoms with E-state index in [9.17, 15) is 5.11 Å². The molecule has 0 aromatic heterocycles. The van der Waals surface area contributed by atoms with Gasteiger partial charge in [0, 0.05) is 29.2 Å². The summed E-state index contributed by atoms with van der Waals surface area (Å²) >= 11 is 6.06. The molecule has 0 spiro atoms. The summed E-state index contributed by atoms with van der Waals surface area (Å²) in [6.45, 7) is 3.85. The Morgan fingerprint density at radius 2 is 2.26 bits per heavy atom. The third kappa shape index (κ3) is 2.47. The third-order valence-corrected chi connectivity index (χ3v) is 4.70. The predicted molar refractivity (Wildman–Crippen MR) is 75.6 cm³/mol. The van der Waals surface area contributed by atoms with Gasteiger partial charge in [0.25, 0.3) is 0 Å². The van der Waals surface area contributed by atoms with E-state index in [1.54, 1.807) is 12.1 Å². The monoisotopic (exact) mass is 281 g/mol. The summed E-state index contributed by atoms with van der Waals surface area (Å²) in [5, 5.41) is 10.7. The topological polar surface area (TPSA) is 32.7 Å². The van der Waals surface area contributed by atoms with Gasteiger partial charge in [-0.25, -0.2) is 0 Å². The number of hydrogen-bond donors (Lipinski definition) is 1. The summed E-state index contributed by atoms with van der Waals surface area (Å²) in [5.74, 6) is 0.331. The van der Waals surface area contributed by atoms with Crippen LogP contribution in [0.25, 0.3) is 0 Å². The van der Waals surface area contributed by atoms with Gasteiger partial charge in [0.15, 0.2) is 0 Å². The number of aromatic hydroxyl groups is 1. The van der Waals surface area contributed by atoms with Gasteiger partial charge in [0.05, 0.1) is 12.7 Å². The molecule has 3 nitrogen and oxygen atoms in total. The van der Waals surface area contributed by atoms with Gasteiger partial charge >= 0.3 is 0 Å². The van der Waals surface area contributed by atoms with E-state index in [1.165, 1.54) is 12.8 Å². The quantitative estimate of drug-likeness (QED) is 0.902. The lowest BCUT2D eigenvalue weighted by atomic mass is 10.0. The molecule has 1 N–H and O–H groups in total. The maximum absolute atomic E-state index is 10.1. The Balaban J connectivity index is 1.86. The lowest BCUT2D eigenvalue weighted by Gasteiger charge is -2.41. The lowest BCUT2D eigenvalue weighted by molar-refractivity contribution is -0.0700. The van der Waals surface area contributed by atoms with Crippen LogP contribution in [0.15, 0.2) is 18.2 Å². The predicted octanol–water partition coefficient (Wildman–Crippen LogP) is 3.36. The molecule has 1 aliphatic carbocycles. The Labute approximate surface area is 119 Å². The summed E-state index contributed by atoms with van der Waals surface area (Å²) in [5.41, 5.74) is 0.917. The van der Waals surface area contributed by atoms with Crippen LogP contribution in [-0.2, 0) is 4.74 Å². The molecule has 2 aliphatic rings. The summed E-state index contributed by atoms with van der Waals surface area (Å²) in [6, 6.07) is 5.95. The molecule has 0 radical (unpaired) electrons. The highest BCUT2D eigenvalue weighted by Crippen LogP contribution is 2.38. The molecule has 1 aromatic rings. The van der Waals surface area contributed by atoms with Crippen molar-refractivity contribution < 1.29 is 9.84 Å². The second-order valence-electron chi connectivity index (χ2n) is 5.52. The first-order valence-corrected chi connectivity index (χ1v) is 7.40. The molecule has 1 aliphatic heterocycles. The third-order valence-electron chi connectivity index (χ3n) is 4.46. The van der Waals surface area contributed by atoms with E-state index in [-0.39, 0.29) is 6.04 Å². The first-order chi connectivity index (χ1) is 9.16. The van der Waals surface area contributed by atoms with Crippen molar-refractivity contribution in [3.05, 3.63) is 28.8 Å². The number of ether oxygens (including phenoxy) is 1. The standard InChI is InChI=1S/C15H20ClNO2/c1-10(12-9-11(16)5-6-14(12)18)17-7-8-19-15-4-2-3-13(15)17/h5-6,9-10,13,15,18H,2-4,7-8H2,1H3. The molecule has 1 heterocycles. The van der Waals surface area contributed by atoms with Crippen LogP contribution in [0.5, 0.6) is 5.75 Å². The smallest absolute Gasteiger partial charge is 0.120 e. The van der Waals surface area contributed by atoms with Gasteiger partial charge in [-0.2, -0.15) is 0 Å². The van der Waals surface area contributed by atoms with Gasteiger partial charge in [0.2, 0.25) is 0 Å². The van der Waals surface area contributed by atoms with Crippen LogP contribution in [0.3, 0.4) is 0 Å². The highest BCUT2D eigenvalue weighted by atomic mass is 35.5. The van der Waals surface area contributed by atoms with Crippen molar-refractivity contribution in [1.82, 2.24) is 4.90 Å². The minimum Gasteiger partial charge on any atom is -0.508 e. The highest BCUT2D eigenvalue weighted by molar-refractivity contribution is 6.30. The van der Waals surface area contributed by atoms with Crippen molar-refractivity contribution in [1.29, 1.82) is 0 Å². The van der Waals surface area contributed by atoms with Crippen LogP contribution in [0.1, 0.15) is 37.8 Å². The van der Waals surface area contributed by atoms with E-state index < -0.39 is 0 Å². The minimum atomic E-state index is 0.174. The first kappa shape index (κ1) is 13.2. The fourth-order valence-electron chi connectivity index (χ4n) is 3.48. The van der Waals surface area contributed by atoms with E-state index in [1.807, 2.05) is 6.07 Å². The Kier molecular flexibility index (Phi) is 3.70. The van der Waals surface area contributed by atoms with Crippen molar-refractivity contribution >= 4 is 11.6 Å². The number of halogens is 1. The summed E-state index contributed by atoms with van der Waals surface area (Å²) in [6.07, 6.45) is 3.96. The first-order valence-electron chi connectivity index (χ1n) is 7.02. The largest absolute Gasteiger partial charge is 0.508 e. The molecule has 1 saturated carbocycles. The van der Waals surface area contributed by atoms with Crippen LogP contribution >= 0.6 is 11.6 Å². The second-order valence-corrected chi connectivity index (χ2v) is 5.96. The van der Waals surface area contributed by atoms with Crippen LogP contribution < -0.4 is 0 Å². The van der Waals surface area contributed by atoms with Gasteiger partial charge in [-0.1, -0.05) is 11.6 Å². The molecular formula is C15H20ClNO2. The van der Waals surface area contributed by atoms with Crippen LogP contribution in [0, 0.1) is 0 Å². The molecular weight excluding hydrogens is 262 g/mol. The Morgan fingerprint density at radius 1 is 1.42 bits per heavy atom. The lowest BCUT2D eigenvalue weighted by Crippen LogP contribution is -2.49. The molecule has 1 aromatic carbocycles. The van der Waals surface area contributed by atoms with E-state index in [0.29, 0.717) is 22.9 Å². The summed E-state index contributed by atoms with van der Waals surface area (Å²) in [4.78, 5) is 2.46. The van der Waals surface area contributed by atoms with Gasteiger partial charge in [-0.15, -0.1) is 0 Å². The molecule has 1 saturated heterocycles. The fraction of sp³-hybridized carbons (Fsp3) is 0.600. The van der Waals surface area contributed by atoms with E-state index in [0.717, 1.165) is 25.1 Å². The molecule has 4 heteroatoms. The van der Waals surface area contributed by atoms with E-state index in [2.05, 4.69) is 11.8 Å². The fourth-order valence-corrected chi connectivity index (χ4v) is 3.66. The van der Waals surface area contributed by atoms with Gasteiger partial charge in [0.1, 0.15) is 5.75 Å². The SMILES string of the molecule is CC(c1cc(Cl)ccc1O)N1CCOC2CCCC21. The molecule has 3 atom stereocenters. The average Bonchev–Trinajstić information content (AvgIpc) is 2.89. The van der Waals surface area contributed by atoms with Crippen LogP contribution in [0.2, 0.25) is 5.02 Å². The number of hydrogen-bond acceptors (Lipinski definition) is 3. The maximum Gasteiger partial charge on any atom is 0.120 e. The van der Waals surface area contributed by atoms with Crippen molar-refractivity contribution in [2.75, 3.05) is 13.2 Å². The Bertz CT molecular complexity index is 465. The Morgan fingerprint density at radius 3 is 3.11 bits per heavy atom. The number of morpholine rings is 1. The number of nitrogens with zero attached hydrogens (tertiary/aromatic N) is 1. The van der Waals surface area contributed by atoms with Crippen molar-refractivity contribution in [3.63, 3.8) is 0 Å². The average molecular weight is 282 g/mol. The molecule has 19 heavy (non-hydrogen) atoms. The van der Waals surface area contributed by atoms with Crippen molar-refractivity contribution in [2.24, 2.45) is 0 Å². The highest BCUT2D eigenvalue weighted by Gasteiger charge is 2.38. The molecule has 3 rings (SSSR count). The number of phenolic OH excluding ortho intramolecular Hbond substituents is 1. The maximum atomic E-state index is 10.1. The molecule has 0 amide bonds. The number of rotatable bonds is 2. The number of benzene rings is 1. The molecule has 3 unspecified atom stereocenters. The summed E-state index contributed by atoms with van der Waals surface area (Å²) in [7, 11) is 0. The van der Waals surface area contributed by atoms with Crippen molar-refractivity contribution in [2.45, 2.75) is 44.4 Å². The van der Waals surface area contributed by atoms with Crippen LogP contribution in [0.4, 0.5) is 0 Å². The zero-order valence-electron chi connectivity index (χ0n) is 11.2.